The van der Waals surface area contributed by atoms with Gasteiger partial charge in [0, 0.05) is 25.4 Å². The van der Waals surface area contributed by atoms with Gasteiger partial charge in [0.15, 0.2) is 0 Å². The molecule has 7 heteroatoms. The van der Waals surface area contributed by atoms with E-state index in [1.54, 1.807) is 7.11 Å². The second-order valence-corrected chi connectivity index (χ2v) is 9.08. The molecule has 0 N–H and O–H groups in total. The molecule has 180 valence electrons. The van der Waals surface area contributed by atoms with Gasteiger partial charge in [-0.2, -0.15) is 0 Å². The maximum Gasteiger partial charge on any atom is 0.227 e. The molecule has 0 bridgehead atoms. The number of para-hydroxylation sites is 5. The molecule has 1 aliphatic rings. The second-order valence-electron chi connectivity index (χ2n) is 8.67. The molecular formula is C28H28ClN3O3. The Kier molecular flexibility index (Phi) is 6.91. The Morgan fingerprint density at radius 2 is 1.71 bits per heavy atom. The van der Waals surface area contributed by atoms with E-state index in [0.717, 1.165) is 41.9 Å². The number of nitrogens with zero attached hydrogens (tertiary/aromatic N) is 3. The molecule has 1 amide bonds. The number of carbonyl (C=O) groups excluding carboxylic acids is 1. The molecule has 1 aromatic heterocycles. The number of anilines is 1. The van der Waals surface area contributed by atoms with Crippen LogP contribution in [-0.2, 0) is 11.3 Å². The zero-order valence-electron chi connectivity index (χ0n) is 19.7. The van der Waals surface area contributed by atoms with Gasteiger partial charge < -0.3 is 18.9 Å². The minimum atomic E-state index is 0.0131. The standard InChI is InChI=1S/C28H28ClN3O3/c1-34-26-15-7-5-13-24(26)32-19-20(18-27(32)33)28-30-22-11-3-4-12-23(22)31(28)16-8-9-17-35-25-14-6-2-10-21(25)29/h2-7,10-15,20H,8-9,16-19H2,1H3. The van der Waals surface area contributed by atoms with Gasteiger partial charge in [-0.15, -0.1) is 0 Å². The van der Waals surface area contributed by atoms with Gasteiger partial charge in [-0.25, -0.2) is 4.98 Å². The Morgan fingerprint density at radius 3 is 2.54 bits per heavy atom. The fourth-order valence-corrected chi connectivity index (χ4v) is 4.91. The van der Waals surface area contributed by atoms with E-state index in [4.69, 9.17) is 26.1 Å². The third kappa shape index (κ3) is 4.84. The molecule has 0 saturated carbocycles. The lowest BCUT2D eigenvalue weighted by molar-refractivity contribution is -0.117. The molecule has 0 radical (unpaired) electrons. The summed E-state index contributed by atoms with van der Waals surface area (Å²) in [5, 5.41) is 0.626. The summed E-state index contributed by atoms with van der Waals surface area (Å²) in [5.41, 5.74) is 2.86. The normalized spacial score (nSPS) is 15.7. The smallest absolute Gasteiger partial charge is 0.227 e. The number of fused-ring (bicyclic) bond motifs is 1. The van der Waals surface area contributed by atoms with Crippen LogP contribution >= 0.6 is 11.6 Å². The summed E-state index contributed by atoms with van der Waals surface area (Å²) in [5.74, 6) is 2.48. The number of aromatic nitrogens is 2. The van der Waals surface area contributed by atoms with E-state index in [-0.39, 0.29) is 11.8 Å². The van der Waals surface area contributed by atoms with Crippen LogP contribution in [0.4, 0.5) is 5.69 Å². The molecule has 35 heavy (non-hydrogen) atoms. The van der Waals surface area contributed by atoms with Crippen molar-refractivity contribution in [1.82, 2.24) is 9.55 Å². The summed E-state index contributed by atoms with van der Waals surface area (Å²) in [6, 6.07) is 23.3. The highest BCUT2D eigenvalue weighted by Crippen LogP contribution is 2.37. The molecule has 5 rings (SSSR count). The first-order chi connectivity index (χ1) is 17.2. The molecular weight excluding hydrogens is 462 g/mol. The van der Waals surface area contributed by atoms with Crippen LogP contribution in [0.15, 0.2) is 72.8 Å². The predicted molar refractivity (Wildman–Crippen MR) is 139 cm³/mol. The fraction of sp³-hybridized carbons (Fsp3) is 0.286. The number of aryl methyl sites for hydroxylation is 1. The van der Waals surface area contributed by atoms with E-state index >= 15 is 0 Å². The largest absolute Gasteiger partial charge is 0.495 e. The molecule has 2 heterocycles. The van der Waals surface area contributed by atoms with Crippen LogP contribution in [0.5, 0.6) is 11.5 Å². The van der Waals surface area contributed by atoms with Crippen LogP contribution in [0.2, 0.25) is 5.02 Å². The number of unbranched alkanes of at least 4 members (excludes halogenated alkanes) is 1. The number of benzene rings is 3. The SMILES string of the molecule is COc1ccccc1N1CC(c2nc3ccccc3n2CCCCOc2ccccc2Cl)CC1=O. The number of carbonyl (C=O) groups is 1. The zero-order chi connectivity index (χ0) is 24.2. The minimum Gasteiger partial charge on any atom is -0.495 e. The van der Waals surface area contributed by atoms with Crippen LogP contribution in [0.25, 0.3) is 11.0 Å². The van der Waals surface area contributed by atoms with Crippen molar-refractivity contribution in [3.8, 4) is 11.5 Å². The van der Waals surface area contributed by atoms with Crippen molar-refractivity contribution in [2.45, 2.75) is 31.7 Å². The number of halogens is 1. The molecule has 0 spiro atoms. The Hall–Kier alpha value is -3.51. The molecule has 1 aliphatic heterocycles. The van der Waals surface area contributed by atoms with E-state index < -0.39 is 0 Å². The number of hydrogen-bond acceptors (Lipinski definition) is 4. The highest BCUT2D eigenvalue weighted by molar-refractivity contribution is 6.32. The molecule has 1 unspecified atom stereocenters. The monoisotopic (exact) mass is 489 g/mol. The van der Waals surface area contributed by atoms with Gasteiger partial charge in [-0.05, 0) is 49.2 Å². The minimum absolute atomic E-state index is 0.0131. The van der Waals surface area contributed by atoms with Crippen molar-refractivity contribution in [1.29, 1.82) is 0 Å². The van der Waals surface area contributed by atoms with Crippen molar-refractivity contribution in [2.24, 2.45) is 0 Å². The lowest BCUT2D eigenvalue weighted by Gasteiger charge is -2.19. The van der Waals surface area contributed by atoms with Gasteiger partial charge in [-0.3, -0.25) is 4.79 Å². The van der Waals surface area contributed by atoms with E-state index in [0.29, 0.717) is 36.1 Å². The van der Waals surface area contributed by atoms with Crippen molar-refractivity contribution in [3.05, 3.63) is 83.6 Å². The van der Waals surface area contributed by atoms with Gasteiger partial charge in [0.2, 0.25) is 5.91 Å². The van der Waals surface area contributed by atoms with Crippen LogP contribution in [0, 0.1) is 0 Å². The average Bonchev–Trinajstić information content (AvgIpc) is 3.45. The van der Waals surface area contributed by atoms with Gasteiger partial charge in [-0.1, -0.05) is 48.0 Å². The third-order valence-corrected chi connectivity index (χ3v) is 6.73. The summed E-state index contributed by atoms with van der Waals surface area (Å²) in [7, 11) is 1.63. The quantitative estimate of drug-likeness (QED) is 0.267. The fourth-order valence-electron chi connectivity index (χ4n) is 4.72. The van der Waals surface area contributed by atoms with E-state index in [1.165, 1.54) is 0 Å². The van der Waals surface area contributed by atoms with E-state index in [9.17, 15) is 4.79 Å². The van der Waals surface area contributed by atoms with Crippen molar-refractivity contribution in [3.63, 3.8) is 0 Å². The molecule has 4 aromatic rings. The van der Waals surface area contributed by atoms with Gasteiger partial charge >= 0.3 is 0 Å². The second kappa shape index (κ2) is 10.4. The van der Waals surface area contributed by atoms with Gasteiger partial charge in [0.25, 0.3) is 0 Å². The van der Waals surface area contributed by atoms with Crippen LogP contribution < -0.4 is 14.4 Å². The molecule has 1 saturated heterocycles. The van der Waals surface area contributed by atoms with Crippen LogP contribution in [0.1, 0.15) is 31.0 Å². The number of imidazole rings is 1. The van der Waals surface area contributed by atoms with Crippen molar-refractivity contribution >= 4 is 34.2 Å². The summed E-state index contributed by atoms with van der Waals surface area (Å²) < 4.78 is 13.6. The summed E-state index contributed by atoms with van der Waals surface area (Å²) >= 11 is 6.19. The Labute approximate surface area is 210 Å². The lowest BCUT2D eigenvalue weighted by Crippen LogP contribution is -2.25. The van der Waals surface area contributed by atoms with Gasteiger partial charge in [0.1, 0.15) is 17.3 Å². The molecule has 1 fully saturated rings. The topological polar surface area (TPSA) is 56.6 Å². The Bertz CT molecular complexity index is 1340. The van der Waals surface area contributed by atoms with E-state index in [1.807, 2.05) is 71.6 Å². The summed E-state index contributed by atoms with van der Waals surface area (Å²) in [6.45, 7) is 1.98. The Morgan fingerprint density at radius 1 is 0.971 bits per heavy atom. The van der Waals surface area contributed by atoms with E-state index in [2.05, 4.69) is 10.6 Å². The van der Waals surface area contributed by atoms with Crippen molar-refractivity contribution in [2.75, 3.05) is 25.2 Å². The maximum atomic E-state index is 13.0. The molecule has 0 aliphatic carbocycles. The average molecular weight is 490 g/mol. The Balaban J connectivity index is 1.31. The summed E-state index contributed by atoms with van der Waals surface area (Å²) in [4.78, 5) is 19.8. The molecule has 3 aromatic carbocycles. The highest BCUT2D eigenvalue weighted by atomic mass is 35.5. The molecule has 6 nitrogen and oxygen atoms in total. The zero-order valence-corrected chi connectivity index (χ0v) is 20.4. The van der Waals surface area contributed by atoms with Crippen LogP contribution in [-0.4, -0.2) is 35.7 Å². The number of ether oxygens (including phenoxy) is 2. The number of methoxy groups -OCH3 is 1. The maximum absolute atomic E-state index is 13.0. The number of amides is 1. The first-order valence-corrected chi connectivity index (χ1v) is 12.3. The summed E-state index contributed by atoms with van der Waals surface area (Å²) in [6.07, 6.45) is 2.24. The predicted octanol–water partition coefficient (Wildman–Crippen LogP) is 6.08. The first-order valence-electron chi connectivity index (χ1n) is 11.9. The van der Waals surface area contributed by atoms with Crippen LogP contribution in [0.3, 0.4) is 0 Å². The first kappa shape index (κ1) is 23.2. The number of hydrogen-bond donors (Lipinski definition) is 0. The third-order valence-electron chi connectivity index (χ3n) is 6.42. The molecule has 1 atom stereocenters. The highest BCUT2D eigenvalue weighted by Gasteiger charge is 2.35. The van der Waals surface area contributed by atoms with Gasteiger partial charge in [0.05, 0.1) is 35.5 Å². The lowest BCUT2D eigenvalue weighted by atomic mass is 10.1. The van der Waals surface area contributed by atoms with Crippen molar-refractivity contribution < 1.29 is 14.3 Å². The number of rotatable bonds is 9.